The van der Waals surface area contributed by atoms with Crippen molar-refractivity contribution in [2.45, 2.75) is 13.0 Å². The van der Waals surface area contributed by atoms with E-state index in [-0.39, 0.29) is 18.2 Å². The van der Waals surface area contributed by atoms with Crippen LogP contribution in [0.5, 0.6) is 0 Å². The van der Waals surface area contributed by atoms with Gasteiger partial charge in [0.25, 0.3) is 0 Å². The largest absolute Gasteiger partial charge is 0.321 e. The van der Waals surface area contributed by atoms with Crippen molar-refractivity contribution in [3.05, 3.63) is 35.6 Å². The zero-order valence-corrected chi connectivity index (χ0v) is 7.98. The van der Waals surface area contributed by atoms with Gasteiger partial charge in [-0.1, -0.05) is 12.1 Å². The molecule has 0 heterocycles. The number of nitrogens with two attached hydrogens (primary N) is 1. The number of benzene rings is 1. The molecule has 0 aliphatic heterocycles. The van der Waals surface area contributed by atoms with Gasteiger partial charge in [-0.25, -0.2) is 4.39 Å². The maximum atomic E-state index is 12.6. The van der Waals surface area contributed by atoms with E-state index >= 15 is 0 Å². The molecule has 0 aliphatic rings. The lowest BCUT2D eigenvalue weighted by atomic mass is 10.1. The van der Waals surface area contributed by atoms with Crippen molar-refractivity contribution in [1.82, 2.24) is 0 Å². The molecule has 72 valence electrons. The zero-order chi connectivity index (χ0) is 9.14. The molecular weight excluding hydrogens is 193 g/mol. The number of hydrogen-bond donors (Lipinski definition) is 1. The number of rotatable bonds is 2. The van der Waals surface area contributed by atoms with Crippen LogP contribution in [0.2, 0.25) is 0 Å². The Morgan fingerprint density at radius 3 is 2.62 bits per heavy atom. The molecule has 13 heavy (non-hydrogen) atoms. The third-order valence-electron chi connectivity index (χ3n) is 1.52. The number of carbonyl (C=O) groups excluding carboxylic acids is 1. The Balaban J connectivity index is 0.00000144. The summed E-state index contributed by atoms with van der Waals surface area (Å²) < 4.78 is 12.6. The fourth-order valence-corrected chi connectivity index (χ4v) is 0.905. The first-order valence-corrected chi connectivity index (χ1v) is 3.66. The highest BCUT2D eigenvalue weighted by Gasteiger charge is 2.10. The Kier molecular flexibility index (Phi) is 4.59. The summed E-state index contributed by atoms with van der Waals surface area (Å²) in [7, 11) is 0. The van der Waals surface area contributed by atoms with Gasteiger partial charge in [0.05, 0.1) is 6.04 Å². The Morgan fingerprint density at radius 1 is 1.54 bits per heavy atom. The standard InChI is InChI=1S/C9H10FNO.ClH/c1-6(11)9(12)7-3-2-4-8(10)5-7;/h2-6H,11H2,1H3;1H. The Hall–Kier alpha value is -0.930. The van der Waals surface area contributed by atoms with Gasteiger partial charge in [-0.3, -0.25) is 4.79 Å². The second-order valence-electron chi connectivity index (χ2n) is 2.66. The Labute approximate surface area is 82.3 Å². The van der Waals surface area contributed by atoms with Gasteiger partial charge in [0.2, 0.25) is 0 Å². The monoisotopic (exact) mass is 203 g/mol. The maximum absolute atomic E-state index is 12.6. The van der Waals surface area contributed by atoms with Crippen LogP contribution >= 0.6 is 12.4 Å². The number of Topliss-reactive ketones (excluding diaryl/α,β-unsaturated/α-hetero) is 1. The van der Waals surface area contributed by atoms with Gasteiger partial charge in [0.15, 0.2) is 5.78 Å². The minimum absolute atomic E-state index is 0. The molecule has 0 aliphatic carbocycles. The van der Waals surface area contributed by atoms with Crippen LogP contribution in [0.15, 0.2) is 24.3 Å². The fourth-order valence-electron chi connectivity index (χ4n) is 0.905. The molecule has 0 fully saturated rings. The summed E-state index contributed by atoms with van der Waals surface area (Å²) in [5.41, 5.74) is 5.67. The number of hydrogen-bond acceptors (Lipinski definition) is 2. The second kappa shape index (κ2) is 4.94. The van der Waals surface area contributed by atoms with Crippen LogP contribution in [0.3, 0.4) is 0 Å². The van der Waals surface area contributed by atoms with E-state index in [9.17, 15) is 9.18 Å². The van der Waals surface area contributed by atoms with E-state index in [1.165, 1.54) is 18.2 Å². The van der Waals surface area contributed by atoms with E-state index in [0.717, 1.165) is 0 Å². The Bertz CT molecular complexity index is 301. The molecule has 1 rings (SSSR count). The lowest BCUT2D eigenvalue weighted by molar-refractivity contribution is 0.0967. The molecule has 0 saturated carbocycles. The predicted octanol–water partition coefficient (Wildman–Crippen LogP) is 1.78. The van der Waals surface area contributed by atoms with Crippen LogP contribution in [0.1, 0.15) is 17.3 Å². The molecule has 0 aromatic heterocycles. The summed E-state index contributed by atoms with van der Waals surface area (Å²) in [6, 6.07) is 4.94. The topological polar surface area (TPSA) is 43.1 Å². The predicted molar refractivity (Wildman–Crippen MR) is 51.6 cm³/mol. The maximum Gasteiger partial charge on any atom is 0.179 e. The fraction of sp³-hybridized carbons (Fsp3) is 0.222. The summed E-state index contributed by atoms with van der Waals surface area (Å²) >= 11 is 0. The molecule has 0 amide bonds. The first-order valence-electron chi connectivity index (χ1n) is 3.66. The molecule has 0 bridgehead atoms. The quantitative estimate of drug-likeness (QED) is 0.745. The Morgan fingerprint density at radius 2 is 2.15 bits per heavy atom. The third kappa shape index (κ3) is 3.13. The van der Waals surface area contributed by atoms with Crippen molar-refractivity contribution in [3.63, 3.8) is 0 Å². The van der Waals surface area contributed by atoms with Crippen LogP contribution in [-0.4, -0.2) is 11.8 Å². The zero-order valence-electron chi connectivity index (χ0n) is 7.16. The van der Waals surface area contributed by atoms with Gasteiger partial charge in [-0.05, 0) is 19.1 Å². The average molecular weight is 204 g/mol. The minimum Gasteiger partial charge on any atom is -0.321 e. The van der Waals surface area contributed by atoms with Gasteiger partial charge in [0, 0.05) is 5.56 Å². The van der Waals surface area contributed by atoms with E-state index < -0.39 is 11.9 Å². The first-order chi connectivity index (χ1) is 5.61. The van der Waals surface area contributed by atoms with Crippen LogP contribution < -0.4 is 5.73 Å². The van der Waals surface area contributed by atoms with E-state index in [4.69, 9.17) is 5.73 Å². The number of carbonyl (C=O) groups is 1. The van der Waals surface area contributed by atoms with Crippen LogP contribution in [0, 0.1) is 5.82 Å². The lowest BCUT2D eigenvalue weighted by Crippen LogP contribution is -2.26. The van der Waals surface area contributed by atoms with Crippen LogP contribution in [-0.2, 0) is 0 Å². The molecule has 1 aromatic carbocycles. The van der Waals surface area contributed by atoms with Gasteiger partial charge in [0.1, 0.15) is 5.82 Å². The van der Waals surface area contributed by atoms with Crippen molar-refractivity contribution < 1.29 is 9.18 Å². The summed E-state index contributed by atoms with van der Waals surface area (Å²) in [5.74, 6) is -0.656. The molecule has 2 N–H and O–H groups in total. The molecule has 0 saturated heterocycles. The molecule has 2 nitrogen and oxygen atoms in total. The van der Waals surface area contributed by atoms with Gasteiger partial charge < -0.3 is 5.73 Å². The normalized spacial score (nSPS) is 11.6. The number of halogens is 2. The van der Waals surface area contributed by atoms with Gasteiger partial charge in [-0.15, -0.1) is 12.4 Å². The van der Waals surface area contributed by atoms with Crippen LogP contribution in [0.25, 0.3) is 0 Å². The van der Waals surface area contributed by atoms with Gasteiger partial charge >= 0.3 is 0 Å². The first kappa shape index (κ1) is 12.1. The SMILES string of the molecule is CC(N)C(=O)c1cccc(F)c1.Cl. The van der Waals surface area contributed by atoms with E-state index in [1.54, 1.807) is 13.0 Å². The van der Waals surface area contributed by atoms with E-state index in [1.807, 2.05) is 0 Å². The lowest BCUT2D eigenvalue weighted by Gasteiger charge is -2.03. The van der Waals surface area contributed by atoms with Crippen molar-refractivity contribution in [2.75, 3.05) is 0 Å². The summed E-state index contributed by atoms with van der Waals surface area (Å²) in [5, 5.41) is 0. The van der Waals surface area contributed by atoms with E-state index in [0.29, 0.717) is 5.56 Å². The average Bonchev–Trinajstić information content (AvgIpc) is 2.03. The molecule has 0 radical (unpaired) electrons. The molecule has 0 spiro atoms. The smallest absolute Gasteiger partial charge is 0.179 e. The van der Waals surface area contributed by atoms with Crippen molar-refractivity contribution in [2.24, 2.45) is 5.73 Å². The third-order valence-corrected chi connectivity index (χ3v) is 1.52. The molecule has 1 atom stereocenters. The molecule has 1 unspecified atom stereocenters. The second-order valence-corrected chi connectivity index (χ2v) is 2.66. The summed E-state index contributed by atoms with van der Waals surface area (Å²) in [6.07, 6.45) is 0. The highest BCUT2D eigenvalue weighted by atomic mass is 35.5. The van der Waals surface area contributed by atoms with Crippen molar-refractivity contribution in [1.29, 1.82) is 0 Å². The van der Waals surface area contributed by atoms with Crippen molar-refractivity contribution >= 4 is 18.2 Å². The number of ketones is 1. The molecule has 1 aromatic rings. The van der Waals surface area contributed by atoms with Crippen molar-refractivity contribution in [3.8, 4) is 0 Å². The highest BCUT2D eigenvalue weighted by molar-refractivity contribution is 5.99. The van der Waals surface area contributed by atoms with E-state index in [2.05, 4.69) is 0 Å². The van der Waals surface area contributed by atoms with Crippen LogP contribution in [0.4, 0.5) is 4.39 Å². The highest BCUT2D eigenvalue weighted by Crippen LogP contribution is 2.05. The van der Waals surface area contributed by atoms with Gasteiger partial charge in [-0.2, -0.15) is 0 Å². The minimum atomic E-state index is -0.577. The molecular formula is C9H11ClFNO. The summed E-state index contributed by atoms with van der Waals surface area (Å²) in [6.45, 7) is 1.58. The summed E-state index contributed by atoms with van der Waals surface area (Å²) in [4.78, 5) is 11.2. The molecule has 4 heteroatoms.